The van der Waals surface area contributed by atoms with E-state index in [4.69, 9.17) is 4.52 Å². The zero-order chi connectivity index (χ0) is 16.7. The fraction of sp³-hybridized carbons (Fsp3) is 0.800. The minimum absolute atomic E-state index is 0.0752. The fourth-order valence-electron chi connectivity index (χ4n) is 3.16. The predicted molar refractivity (Wildman–Crippen MR) is 75.8 cm³/mol. The van der Waals surface area contributed by atoms with Gasteiger partial charge in [0, 0.05) is 5.92 Å². The average molecular weight is 329 g/mol. The number of carbonyl (C=O) groups excluding carboxylic acids is 1. The van der Waals surface area contributed by atoms with Crippen molar-refractivity contribution < 1.29 is 23.2 Å². The highest BCUT2D eigenvalue weighted by atomic mass is 19.3. The molecule has 6 nitrogen and oxygen atoms in total. The topological polar surface area (TPSA) is 88.2 Å². The second-order valence-electron chi connectivity index (χ2n) is 6.63. The van der Waals surface area contributed by atoms with Gasteiger partial charge in [-0.15, -0.1) is 0 Å². The maximum Gasteiger partial charge on any atom is 0.352 e. The number of hydrogen-bond donors (Lipinski definition) is 2. The lowest BCUT2D eigenvalue weighted by molar-refractivity contribution is -0.216. The molecule has 0 saturated heterocycles. The van der Waals surface area contributed by atoms with Crippen molar-refractivity contribution in [2.45, 2.75) is 75.4 Å². The molecule has 2 aliphatic carbocycles. The van der Waals surface area contributed by atoms with E-state index in [2.05, 4.69) is 15.5 Å². The predicted octanol–water partition coefficient (Wildman–Crippen LogP) is 2.45. The third kappa shape index (κ3) is 2.84. The summed E-state index contributed by atoms with van der Waals surface area (Å²) < 4.78 is 33.2. The molecule has 1 amide bonds. The fourth-order valence-corrected chi connectivity index (χ4v) is 3.16. The summed E-state index contributed by atoms with van der Waals surface area (Å²) in [4.78, 5) is 16.1. The molecule has 0 aromatic carbocycles. The van der Waals surface area contributed by atoms with Crippen molar-refractivity contribution >= 4 is 5.91 Å². The molecule has 0 radical (unpaired) electrons. The standard InChI is InChI=1S/C15H21F2N3O3/c1-9(12-19-11(20-23-12)10-5-2-3-6-10)18-13(21)15(16,17)14(22)7-4-8-14/h9-10,22H,2-8H2,1H3,(H,18,21). The quantitative estimate of drug-likeness (QED) is 0.866. The van der Waals surface area contributed by atoms with Crippen molar-refractivity contribution in [2.24, 2.45) is 0 Å². The molecule has 3 rings (SSSR count). The zero-order valence-corrected chi connectivity index (χ0v) is 13.0. The van der Waals surface area contributed by atoms with Gasteiger partial charge in [-0.3, -0.25) is 4.79 Å². The number of halogens is 2. The van der Waals surface area contributed by atoms with Crippen LogP contribution in [0.4, 0.5) is 8.78 Å². The maximum atomic E-state index is 14.0. The number of nitrogens with zero attached hydrogens (tertiary/aromatic N) is 2. The van der Waals surface area contributed by atoms with E-state index in [0.29, 0.717) is 12.2 Å². The molecule has 23 heavy (non-hydrogen) atoms. The molecule has 1 heterocycles. The third-order valence-corrected chi connectivity index (χ3v) is 4.95. The lowest BCUT2D eigenvalue weighted by atomic mass is 9.75. The molecule has 2 N–H and O–H groups in total. The maximum absolute atomic E-state index is 14.0. The van der Waals surface area contributed by atoms with E-state index >= 15 is 0 Å². The van der Waals surface area contributed by atoms with Gasteiger partial charge >= 0.3 is 5.92 Å². The highest BCUT2D eigenvalue weighted by molar-refractivity contribution is 5.85. The Hall–Kier alpha value is -1.57. The largest absolute Gasteiger partial charge is 0.383 e. The van der Waals surface area contributed by atoms with E-state index in [1.807, 2.05) is 0 Å². The summed E-state index contributed by atoms with van der Waals surface area (Å²) in [5.41, 5.74) is -2.24. The molecule has 8 heteroatoms. The van der Waals surface area contributed by atoms with Crippen molar-refractivity contribution in [3.05, 3.63) is 11.7 Å². The Morgan fingerprint density at radius 1 is 1.39 bits per heavy atom. The molecule has 1 atom stereocenters. The van der Waals surface area contributed by atoms with Gasteiger partial charge in [-0.05, 0) is 39.0 Å². The molecule has 2 aliphatic rings. The van der Waals surface area contributed by atoms with Crippen LogP contribution in [0.2, 0.25) is 0 Å². The molecule has 1 unspecified atom stereocenters. The molecule has 0 bridgehead atoms. The summed E-state index contributed by atoms with van der Waals surface area (Å²) in [6.45, 7) is 1.50. The van der Waals surface area contributed by atoms with Gasteiger partial charge in [-0.2, -0.15) is 13.8 Å². The Morgan fingerprint density at radius 2 is 2.04 bits per heavy atom. The Kier molecular flexibility index (Phi) is 4.12. The van der Waals surface area contributed by atoms with Crippen LogP contribution in [0.25, 0.3) is 0 Å². The molecular weight excluding hydrogens is 308 g/mol. The lowest BCUT2D eigenvalue weighted by Gasteiger charge is -2.41. The van der Waals surface area contributed by atoms with Gasteiger partial charge in [0.25, 0.3) is 5.91 Å². The SMILES string of the molecule is CC(NC(=O)C(F)(F)C1(O)CCC1)c1nc(C2CCCC2)no1. The Balaban J connectivity index is 1.64. The summed E-state index contributed by atoms with van der Waals surface area (Å²) in [7, 11) is 0. The highest BCUT2D eigenvalue weighted by Gasteiger charge is 2.61. The summed E-state index contributed by atoms with van der Waals surface area (Å²) in [5, 5.41) is 15.8. The van der Waals surface area contributed by atoms with E-state index in [-0.39, 0.29) is 24.7 Å². The van der Waals surface area contributed by atoms with E-state index < -0.39 is 23.5 Å². The smallest absolute Gasteiger partial charge is 0.352 e. The van der Waals surface area contributed by atoms with Gasteiger partial charge in [0.15, 0.2) is 5.82 Å². The number of rotatable bonds is 5. The normalized spacial score (nSPS) is 22.6. The second-order valence-corrected chi connectivity index (χ2v) is 6.63. The van der Waals surface area contributed by atoms with Gasteiger partial charge in [0.05, 0.1) is 0 Å². The van der Waals surface area contributed by atoms with E-state index in [1.54, 1.807) is 0 Å². The lowest BCUT2D eigenvalue weighted by Crippen LogP contribution is -2.60. The van der Waals surface area contributed by atoms with Crippen LogP contribution in [0, 0.1) is 0 Å². The number of nitrogens with one attached hydrogen (secondary N) is 1. The zero-order valence-electron chi connectivity index (χ0n) is 13.0. The summed E-state index contributed by atoms with van der Waals surface area (Å²) >= 11 is 0. The first-order valence-electron chi connectivity index (χ1n) is 8.08. The van der Waals surface area contributed by atoms with Crippen LogP contribution < -0.4 is 5.32 Å². The van der Waals surface area contributed by atoms with Crippen LogP contribution in [0.1, 0.15) is 75.5 Å². The van der Waals surface area contributed by atoms with Crippen LogP contribution >= 0.6 is 0 Å². The van der Waals surface area contributed by atoms with Gasteiger partial charge < -0.3 is 14.9 Å². The monoisotopic (exact) mass is 329 g/mol. The average Bonchev–Trinajstić information content (AvgIpc) is 3.14. The summed E-state index contributed by atoms with van der Waals surface area (Å²) in [6.07, 6.45) is 4.55. The third-order valence-electron chi connectivity index (χ3n) is 4.95. The van der Waals surface area contributed by atoms with Crippen molar-refractivity contribution in [3.8, 4) is 0 Å². The summed E-state index contributed by atoms with van der Waals surface area (Å²) in [6, 6.07) is -0.834. The molecule has 0 spiro atoms. The first kappa shape index (κ1) is 16.3. The minimum atomic E-state index is -3.83. The highest BCUT2D eigenvalue weighted by Crippen LogP contribution is 2.44. The van der Waals surface area contributed by atoms with E-state index in [9.17, 15) is 18.7 Å². The molecule has 2 saturated carbocycles. The van der Waals surface area contributed by atoms with E-state index in [1.165, 1.54) is 6.92 Å². The first-order valence-corrected chi connectivity index (χ1v) is 8.08. The van der Waals surface area contributed by atoms with Crippen molar-refractivity contribution in [3.63, 3.8) is 0 Å². The van der Waals surface area contributed by atoms with Crippen LogP contribution in [-0.2, 0) is 4.79 Å². The molecule has 2 fully saturated rings. The number of aromatic nitrogens is 2. The van der Waals surface area contributed by atoms with Crippen LogP contribution in [0.15, 0.2) is 4.52 Å². The van der Waals surface area contributed by atoms with E-state index in [0.717, 1.165) is 25.7 Å². The second kappa shape index (κ2) is 5.81. The van der Waals surface area contributed by atoms with Crippen molar-refractivity contribution in [1.29, 1.82) is 0 Å². The number of amides is 1. The number of alkyl halides is 2. The molecule has 128 valence electrons. The van der Waals surface area contributed by atoms with Gasteiger partial charge in [0.1, 0.15) is 11.6 Å². The van der Waals surface area contributed by atoms with Gasteiger partial charge in [-0.1, -0.05) is 18.0 Å². The Morgan fingerprint density at radius 3 is 2.61 bits per heavy atom. The van der Waals surface area contributed by atoms with Crippen LogP contribution in [0.5, 0.6) is 0 Å². The molecule has 1 aromatic heterocycles. The number of carbonyl (C=O) groups is 1. The van der Waals surface area contributed by atoms with Crippen LogP contribution in [0.3, 0.4) is 0 Å². The molecular formula is C15H21F2N3O3. The molecule has 1 aromatic rings. The van der Waals surface area contributed by atoms with Gasteiger partial charge in [0.2, 0.25) is 5.89 Å². The number of hydrogen-bond acceptors (Lipinski definition) is 5. The van der Waals surface area contributed by atoms with Gasteiger partial charge in [-0.25, -0.2) is 0 Å². The summed E-state index contributed by atoms with van der Waals surface area (Å²) in [5.74, 6) is -4.41. The Bertz CT molecular complexity index is 580. The van der Waals surface area contributed by atoms with Crippen molar-refractivity contribution in [1.82, 2.24) is 15.5 Å². The van der Waals surface area contributed by atoms with Crippen molar-refractivity contribution in [2.75, 3.05) is 0 Å². The Labute approximate surface area is 132 Å². The molecule has 0 aliphatic heterocycles. The minimum Gasteiger partial charge on any atom is -0.383 e. The first-order chi connectivity index (χ1) is 10.8. The number of aliphatic hydroxyl groups is 1. The van der Waals surface area contributed by atoms with Crippen LogP contribution in [-0.4, -0.2) is 32.7 Å².